The van der Waals surface area contributed by atoms with Crippen molar-refractivity contribution in [3.8, 4) is 0 Å². The lowest BCUT2D eigenvalue weighted by atomic mass is 10.1. The molecule has 1 N–H and O–H groups in total. The maximum atomic E-state index is 12.5. The van der Waals surface area contributed by atoms with Crippen LogP contribution in [0.3, 0.4) is 0 Å². The van der Waals surface area contributed by atoms with Gasteiger partial charge in [0.25, 0.3) is 0 Å². The summed E-state index contributed by atoms with van der Waals surface area (Å²) in [7, 11) is 1.45. The number of hydrogen-bond acceptors (Lipinski definition) is 3. The topological polar surface area (TPSA) is 47.6 Å². The van der Waals surface area contributed by atoms with Gasteiger partial charge >= 0.3 is 0 Å². The van der Waals surface area contributed by atoms with E-state index in [9.17, 15) is 9.18 Å². The third-order valence-corrected chi connectivity index (χ3v) is 1.64. The molecule has 0 unspecified atom stereocenters. The number of hydroxylamine groups is 1. The minimum Gasteiger partial charge on any atom is -0.356 e. The van der Waals surface area contributed by atoms with E-state index in [1.165, 1.54) is 19.2 Å². The molecule has 0 aromatic heterocycles. The number of ether oxygens (including phenoxy) is 1. The fourth-order valence-corrected chi connectivity index (χ4v) is 0.993. The van der Waals surface area contributed by atoms with Crippen LogP contribution in [0.5, 0.6) is 0 Å². The van der Waals surface area contributed by atoms with Gasteiger partial charge in [0, 0.05) is 7.11 Å². The van der Waals surface area contributed by atoms with Crippen LogP contribution in [0.2, 0.25) is 0 Å². The van der Waals surface area contributed by atoms with Crippen LogP contribution in [0.4, 0.5) is 4.39 Å². The van der Waals surface area contributed by atoms with Crippen LogP contribution in [0.15, 0.2) is 24.3 Å². The van der Waals surface area contributed by atoms with Crippen LogP contribution in [0.1, 0.15) is 5.56 Å². The zero-order chi connectivity index (χ0) is 11.1. The summed E-state index contributed by atoms with van der Waals surface area (Å²) in [6.45, 7) is -0.00480. The molecular formula is C10H12FNO3. The summed E-state index contributed by atoms with van der Waals surface area (Å²) in [4.78, 5) is 15.8. The number of amides is 1. The monoisotopic (exact) mass is 213 g/mol. The molecule has 0 bridgehead atoms. The second kappa shape index (κ2) is 6.10. The number of carbonyl (C=O) groups excluding carboxylic acids is 1. The Bertz CT molecular complexity index is 313. The van der Waals surface area contributed by atoms with Crippen molar-refractivity contribution in [2.24, 2.45) is 0 Å². The Balaban J connectivity index is 2.34. The average Bonchev–Trinajstić information content (AvgIpc) is 2.22. The van der Waals surface area contributed by atoms with Gasteiger partial charge in [-0.15, -0.1) is 0 Å². The minimum atomic E-state index is -0.324. The molecule has 0 aliphatic heterocycles. The first-order valence-electron chi connectivity index (χ1n) is 4.36. The Kier molecular flexibility index (Phi) is 4.73. The van der Waals surface area contributed by atoms with E-state index in [1.54, 1.807) is 12.1 Å². The van der Waals surface area contributed by atoms with Gasteiger partial charge in [0.1, 0.15) is 5.82 Å². The van der Waals surface area contributed by atoms with Crippen molar-refractivity contribution in [2.75, 3.05) is 13.9 Å². The minimum absolute atomic E-state index is 0.00480. The SMILES string of the molecule is COCONC(=O)Cc1ccc(F)cc1. The fraction of sp³-hybridized carbons (Fsp3) is 0.300. The number of nitrogens with one attached hydrogen (secondary N) is 1. The van der Waals surface area contributed by atoms with E-state index in [0.29, 0.717) is 0 Å². The number of methoxy groups -OCH3 is 1. The highest BCUT2D eigenvalue weighted by atomic mass is 19.1. The standard InChI is InChI=1S/C10H12FNO3/c1-14-7-15-12-10(13)6-8-2-4-9(11)5-3-8/h2-5H,6-7H2,1H3,(H,12,13). The molecule has 1 rings (SSSR count). The first-order valence-corrected chi connectivity index (χ1v) is 4.36. The molecule has 82 valence electrons. The van der Waals surface area contributed by atoms with Gasteiger partial charge in [-0.25, -0.2) is 14.7 Å². The molecule has 0 radical (unpaired) electrons. The first kappa shape index (κ1) is 11.6. The highest BCUT2D eigenvalue weighted by Gasteiger charge is 2.02. The summed E-state index contributed by atoms with van der Waals surface area (Å²) in [6.07, 6.45) is 0.143. The van der Waals surface area contributed by atoms with Gasteiger partial charge in [0.05, 0.1) is 6.42 Å². The van der Waals surface area contributed by atoms with Crippen molar-refractivity contribution in [1.82, 2.24) is 5.48 Å². The van der Waals surface area contributed by atoms with E-state index < -0.39 is 0 Å². The van der Waals surface area contributed by atoms with Crippen LogP contribution in [-0.4, -0.2) is 19.8 Å². The molecule has 15 heavy (non-hydrogen) atoms. The van der Waals surface area contributed by atoms with Crippen LogP contribution in [0, 0.1) is 5.82 Å². The van der Waals surface area contributed by atoms with Gasteiger partial charge in [0.2, 0.25) is 5.91 Å². The highest BCUT2D eigenvalue weighted by molar-refractivity contribution is 5.77. The van der Waals surface area contributed by atoms with Gasteiger partial charge in [-0.2, -0.15) is 0 Å². The van der Waals surface area contributed by atoms with Crippen molar-refractivity contribution in [3.05, 3.63) is 35.6 Å². The Morgan fingerprint density at radius 3 is 2.67 bits per heavy atom. The second-order valence-corrected chi connectivity index (χ2v) is 2.88. The molecular weight excluding hydrogens is 201 g/mol. The van der Waals surface area contributed by atoms with Gasteiger partial charge in [-0.3, -0.25) is 4.79 Å². The maximum absolute atomic E-state index is 12.5. The molecule has 0 aliphatic carbocycles. The number of hydrogen-bond donors (Lipinski definition) is 1. The zero-order valence-electron chi connectivity index (χ0n) is 8.33. The Hall–Kier alpha value is -1.46. The predicted octanol–water partition coefficient (Wildman–Crippen LogP) is 1.02. The molecule has 4 nitrogen and oxygen atoms in total. The Morgan fingerprint density at radius 1 is 1.40 bits per heavy atom. The summed E-state index contributed by atoms with van der Waals surface area (Å²) < 4.78 is 17.1. The lowest BCUT2D eigenvalue weighted by molar-refractivity contribution is -0.143. The van der Waals surface area contributed by atoms with Crippen molar-refractivity contribution in [3.63, 3.8) is 0 Å². The molecule has 1 aromatic rings. The lowest BCUT2D eigenvalue weighted by Gasteiger charge is -2.04. The quantitative estimate of drug-likeness (QED) is 0.451. The van der Waals surface area contributed by atoms with E-state index in [2.05, 4.69) is 15.1 Å². The number of halogens is 1. The number of benzene rings is 1. The molecule has 1 aromatic carbocycles. The summed E-state index contributed by atoms with van der Waals surface area (Å²) in [6, 6.07) is 5.70. The Morgan fingerprint density at radius 2 is 2.07 bits per heavy atom. The average molecular weight is 213 g/mol. The zero-order valence-corrected chi connectivity index (χ0v) is 8.33. The maximum Gasteiger partial charge on any atom is 0.248 e. The molecule has 0 aliphatic rings. The predicted molar refractivity (Wildman–Crippen MR) is 51.2 cm³/mol. The van der Waals surface area contributed by atoms with Crippen molar-refractivity contribution in [2.45, 2.75) is 6.42 Å². The van der Waals surface area contributed by atoms with Crippen molar-refractivity contribution >= 4 is 5.91 Å². The molecule has 0 fully saturated rings. The second-order valence-electron chi connectivity index (χ2n) is 2.88. The summed E-state index contributed by atoms with van der Waals surface area (Å²) >= 11 is 0. The van der Waals surface area contributed by atoms with Gasteiger partial charge < -0.3 is 4.74 Å². The first-order chi connectivity index (χ1) is 7.22. The summed E-state index contributed by atoms with van der Waals surface area (Å²) in [5.74, 6) is -0.631. The van der Waals surface area contributed by atoms with Gasteiger partial charge in [0.15, 0.2) is 6.79 Å². The Labute approximate surface area is 86.9 Å². The van der Waals surface area contributed by atoms with E-state index in [-0.39, 0.29) is 24.9 Å². The lowest BCUT2D eigenvalue weighted by Crippen LogP contribution is -2.26. The van der Waals surface area contributed by atoms with Crippen molar-refractivity contribution in [1.29, 1.82) is 0 Å². The smallest absolute Gasteiger partial charge is 0.248 e. The molecule has 5 heteroatoms. The molecule has 0 atom stereocenters. The molecule has 0 heterocycles. The summed E-state index contributed by atoms with van der Waals surface area (Å²) in [5.41, 5.74) is 2.91. The summed E-state index contributed by atoms with van der Waals surface area (Å²) in [5, 5.41) is 0. The highest BCUT2D eigenvalue weighted by Crippen LogP contribution is 2.03. The number of carbonyl (C=O) groups is 1. The molecule has 0 saturated heterocycles. The van der Waals surface area contributed by atoms with Crippen LogP contribution >= 0.6 is 0 Å². The third-order valence-electron chi connectivity index (χ3n) is 1.64. The van der Waals surface area contributed by atoms with E-state index in [0.717, 1.165) is 5.56 Å². The van der Waals surface area contributed by atoms with Crippen LogP contribution in [-0.2, 0) is 20.8 Å². The molecule has 0 spiro atoms. The number of rotatable bonds is 5. The van der Waals surface area contributed by atoms with E-state index in [4.69, 9.17) is 0 Å². The van der Waals surface area contributed by atoms with Gasteiger partial charge in [-0.1, -0.05) is 12.1 Å². The van der Waals surface area contributed by atoms with E-state index >= 15 is 0 Å². The third kappa shape index (κ3) is 4.53. The molecule has 0 saturated carbocycles. The van der Waals surface area contributed by atoms with Crippen molar-refractivity contribution < 1.29 is 18.8 Å². The van der Waals surface area contributed by atoms with Crippen LogP contribution in [0.25, 0.3) is 0 Å². The van der Waals surface area contributed by atoms with Gasteiger partial charge in [-0.05, 0) is 17.7 Å². The molecule has 1 amide bonds. The van der Waals surface area contributed by atoms with Crippen LogP contribution < -0.4 is 5.48 Å². The largest absolute Gasteiger partial charge is 0.356 e. The fourth-order valence-electron chi connectivity index (χ4n) is 0.993. The normalized spacial score (nSPS) is 10.0. The van der Waals surface area contributed by atoms with E-state index in [1.807, 2.05) is 0 Å².